The van der Waals surface area contributed by atoms with Crippen LogP contribution < -0.4 is 10.2 Å². The van der Waals surface area contributed by atoms with Crippen LogP contribution in [0, 0.1) is 5.92 Å². The van der Waals surface area contributed by atoms with Crippen molar-refractivity contribution in [2.45, 2.75) is 32.2 Å². The van der Waals surface area contributed by atoms with E-state index in [1.54, 1.807) is 11.1 Å². The van der Waals surface area contributed by atoms with E-state index in [9.17, 15) is 9.59 Å². The summed E-state index contributed by atoms with van der Waals surface area (Å²) >= 11 is 0. The third-order valence-corrected chi connectivity index (χ3v) is 5.32. The van der Waals surface area contributed by atoms with Gasteiger partial charge in [-0.3, -0.25) is 9.48 Å². The van der Waals surface area contributed by atoms with Crippen LogP contribution in [0.1, 0.15) is 25.7 Å². The molecule has 0 saturated carbocycles. The van der Waals surface area contributed by atoms with Crippen LogP contribution in [0.3, 0.4) is 0 Å². The molecule has 8 nitrogen and oxygen atoms in total. The number of carbonyl (C=O) groups is 2. The molecule has 0 aliphatic carbocycles. The maximum Gasteiger partial charge on any atom is 0.321 e. The van der Waals surface area contributed by atoms with E-state index in [1.165, 1.54) is 0 Å². The van der Waals surface area contributed by atoms with Crippen LogP contribution in [0.15, 0.2) is 36.7 Å². The molecule has 2 aromatic rings. The molecule has 0 atom stereocenters. The Morgan fingerprint density at radius 3 is 2.56 bits per heavy atom. The third kappa shape index (κ3) is 4.10. The normalized spacial score (nSPS) is 18.1. The quantitative estimate of drug-likeness (QED) is 0.898. The number of likely N-dealkylation sites (tertiary alicyclic amines) is 1. The lowest BCUT2D eigenvalue weighted by molar-refractivity contribution is -0.117. The van der Waals surface area contributed by atoms with Gasteiger partial charge in [-0.05, 0) is 49.4 Å². The van der Waals surface area contributed by atoms with Crippen LogP contribution >= 0.6 is 0 Å². The summed E-state index contributed by atoms with van der Waals surface area (Å²) in [4.78, 5) is 28.0. The van der Waals surface area contributed by atoms with Gasteiger partial charge >= 0.3 is 6.03 Å². The number of carbonyl (C=O) groups excluding carboxylic acids is 2. The predicted octanol–water partition coefficient (Wildman–Crippen LogP) is 2.35. The zero-order valence-electron chi connectivity index (χ0n) is 15.3. The number of nitrogens with zero attached hydrogens (tertiary/aromatic N) is 5. The average molecular weight is 368 g/mol. The van der Waals surface area contributed by atoms with Gasteiger partial charge in [0.2, 0.25) is 5.91 Å². The second-order valence-electron chi connectivity index (χ2n) is 7.18. The number of amides is 3. The van der Waals surface area contributed by atoms with Gasteiger partial charge in [0.25, 0.3) is 0 Å². The molecule has 0 radical (unpaired) electrons. The molecule has 27 heavy (non-hydrogen) atoms. The van der Waals surface area contributed by atoms with Crippen molar-refractivity contribution >= 4 is 23.3 Å². The minimum atomic E-state index is -0.0702. The highest BCUT2D eigenvalue weighted by Gasteiger charge is 2.24. The molecular weight excluding hydrogens is 344 g/mol. The van der Waals surface area contributed by atoms with Crippen molar-refractivity contribution in [2.24, 2.45) is 5.92 Å². The van der Waals surface area contributed by atoms with Gasteiger partial charge in [-0.25, -0.2) is 4.79 Å². The lowest BCUT2D eigenvalue weighted by atomic mass is 9.97. The Morgan fingerprint density at radius 2 is 1.93 bits per heavy atom. The lowest BCUT2D eigenvalue weighted by Gasteiger charge is -2.31. The second-order valence-corrected chi connectivity index (χ2v) is 7.18. The first kappa shape index (κ1) is 17.5. The van der Waals surface area contributed by atoms with Gasteiger partial charge in [0.1, 0.15) is 0 Å². The van der Waals surface area contributed by atoms with Gasteiger partial charge in [0.05, 0.1) is 6.20 Å². The highest BCUT2D eigenvalue weighted by atomic mass is 16.2. The zero-order chi connectivity index (χ0) is 18.6. The first-order chi connectivity index (χ1) is 13.2. The first-order valence-corrected chi connectivity index (χ1v) is 9.49. The van der Waals surface area contributed by atoms with E-state index in [4.69, 9.17) is 0 Å². The molecule has 1 aromatic heterocycles. The highest BCUT2D eigenvalue weighted by molar-refractivity contribution is 5.96. The fraction of sp³-hybridized carbons (Fsp3) is 0.474. The molecule has 4 rings (SSSR count). The topological polar surface area (TPSA) is 83.4 Å². The fourth-order valence-electron chi connectivity index (χ4n) is 3.76. The smallest absolute Gasteiger partial charge is 0.321 e. The van der Waals surface area contributed by atoms with Crippen molar-refractivity contribution < 1.29 is 9.59 Å². The van der Waals surface area contributed by atoms with Gasteiger partial charge in [-0.2, -0.15) is 0 Å². The van der Waals surface area contributed by atoms with Gasteiger partial charge in [0, 0.05) is 50.2 Å². The zero-order valence-corrected chi connectivity index (χ0v) is 15.3. The Balaban J connectivity index is 1.27. The molecule has 1 N–H and O–H groups in total. The Labute approximate surface area is 158 Å². The standard InChI is InChI=1S/C19H24N6O2/c26-18-2-1-10-25(18)17-5-3-16(4-6-17)21-19(27)23-11-7-15(8-12-23)14-24-13-9-20-22-24/h3-6,9,13,15H,1-2,7-8,10-12,14H2,(H,21,27). The summed E-state index contributed by atoms with van der Waals surface area (Å²) in [6, 6.07) is 7.43. The molecule has 1 aromatic carbocycles. The molecule has 2 aliphatic rings. The van der Waals surface area contributed by atoms with Crippen molar-refractivity contribution in [3.63, 3.8) is 0 Å². The number of rotatable bonds is 4. The molecule has 2 aliphatic heterocycles. The maximum absolute atomic E-state index is 12.5. The number of nitrogens with one attached hydrogen (secondary N) is 1. The van der Waals surface area contributed by atoms with E-state index in [2.05, 4.69) is 15.6 Å². The Morgan fingerprint density at radius 1 is 1.15 bits per heavy atom. The second kappa shape index (κ2) is 7.77. The number of hydrogen-bond acceptors (Lipinski definition) is 4. The van der Waals surface area contributed by atoms with Crippen molar-refractivity contribution in [1.82, 2.24) is 19.9 Å². The Bertz CT molecular complexity index is 781. The molecule has 8 heteroatoms. The third-order valence-electron chi connectivity index (χ3n) is 5.32. The molecule has 0 spiro atoms. The number of anilines is 2. The van der Waals surface area contributed by atoms with Gasteiger partial charge in [0.15, 0.2) is 0 Å². The van der Waals surface area contributed by atoms with Gasteiger partial charge in [-0.15, -0.1) is 5.10 Å². The highest BCUT2D eigenvalue weighted by Crippen LogP contribution is 2.24. The molecule has 3 amide bonds. The minimum Gasteiger partial charge on any atom is -0.325 e. The van der Waals surface area contributed by atoms with Gasteiger partial charge < -0.3 is 15.1 Å². The van der Waals surface area contributed by atoms with E-state index >= 15 is 0 Å². The van der Waals surface area contributed by atoms with Crippen LogP contribution in [0.25, 0.3) is 0 Å². The lowest BCUT2D eigenvalue weighted by Crippen LogP contribution is -2.41. The Kier molecular flexibility index (Phi) is 5.04. The van der Waals surface area contributed by atoms with Crippen LogP contribution in [0.2, 0.25) is 0 Å². The number of hydrogen-bond donors (Lipinski definition) is 1. The van der Waals surface area contributed by atoms with E-state index in [0.29, 0.717) is 12.3 Å². The van der Waals surface area contributed by atoms with Crippen LogP contribution in [-0.2, 0) is 11.3 Å². The van der Waals surface area contributed by atoms with Crippen molar-refractivity contribution in [1.29, 1.82) is 0 Å². The Hall–Kier alpha value is -2.90. The fourth-order valence-corrected chi connectivity index (χ4v) is 3.76. The van der Waals surface area contributed by atoms with Crippen molar-refractivity contribution in [2.75, 3.05) is 29.9 Å². The van der Waals surface area contributed by atoms with E-state index < -0.39 is 0 Å². The van der Waals surface area contributed by atoms with E-state index in [0.717, 1.165) is 56.8 Å². The van der Waals surface area contributed by atoms with Crippen LogP contribution in [0.4, 0.5) is 16.2 Å². The number of benzene rings is 1. The molecule has 0 bridgehead atoms. The molecule has 2 fully saturated rings. The summed E-state index contributed by atoms with van der Waals surface area (Å²) in [6.07, 6.45) is 7.01. The van der Waals surface area contributed by atoms with Crippen molar-refractivity contribution in [3.8, 4) is 0 Å². The summed E-state index contributed by atoms with van der Waals surface area (Å²) in [7, 11) is 0. The molecule has 142 valence electrons. The molecular formula is C19H24N6O2. The summed E-state index contributed by atoms with van der Waals surface area (Å²) in [5.74, 6) is 0.689. The van der Waals surface area contributed by atoms with Crippen LogP contribution in [0.5, 0.6) is 0 Å². The molecule has 2 saturated heterocycles. The summed E-state index contributed by atoms with van der Waals surface area (Å²) in [5, 5.41) is 10.8. The SMILES string of the molecule is O=C(Nc1ccc(N2CCCC2=O)cc1)N1CCC(Cn2ccnn2)CC1. The largest absolute Gasteiger partial charge is 0.325 e. The summed E-state index contributed by atoms with van der Waals surface area (Å²) in [5.41, 5.74) is 1.64. The van der Waals surface area contributed by atoms with Crippen molar-refractivity contribution in [3.05, 3.63) is 36.7 Å². The monoisotopic (exact) mass is 368 g/mol. The van der Waals surface area contributed by atoms with Gasteiger partial charge in [-0.1, -0.05) is 5.21 Å². The minimum absolute atomic E-state index is 0.0702. The summed E-state index contributed by atoms with van der Waals surface area (Å²) in [6.45, 7) is 3.11. The van der Waals surface area contributed by atoms with E-state index in [-0.39, 0.29) is 11.9 Å². The average Bonchev–Trinajstić information content (AvgIpc) is 3.35. The molecule has 0 unspecified atom stereocenters. The summed E-state index contributed by atoms with van der Waals surface area (Å²) < 4.78 is 1.85. The maximum atomic E-state index is 12.5. The first-order valence-electron chi connectivity index (χ1n) is 9.49. The van der Waals surface area contributed by atoms with Crippen LogP contribution in [-0.4, -0.2) is 51.5 Å². The number of aromatic nitrogens is 3. The predicted molar refractivity (Wildman–Crippen MR) is 101 cm³/mol. The number of piperidine rings is 1. The molecule has 3 heterocycles. The number of urea groups is 1. The van der Waals surface area contributed by atoms with E-state index in [1.807, 2.05) is 40.0 Å².